The predicted molar refractivity (Wildman–Crippen MR) is 109 cm³/mol. The monoisotopic (exact) mass is 386 g/mol. The van der Waals surface area contributed by atoms with Crippen LogP contribution in [0.1, 0.15) is 25.0 Å². The Morgan fingerprint density at radius 1 is 1.23 bits per heavy atom. The van der Waals surface area contributed by atoms with Crippen LogP contribution in [-0.4, -0.2) is 26.4 Å². The molecule has 2 heterocycles. The van der Waals surface area contributed by atoms with Crippen LogP contribution in [0, 0.1) is 6.92 Å². The largest absolute Gasteiger partial charge is 0.325 e. The van der Waals surface area contributed by atoms with Crippen LogP contribution in [0.25, 0.3) is 10.7 Å². The fourth-order valence-electron chi connectivity index (χ4n) is 2.78. The number of benzene rings is 1. The van der Waals surface area contributed by atoms with Crippen LogP contribution in [0.15, 0.2) is 40.9 Å². The minimum Gasteiger partial charge on any atom is -0.325 e. The maximum absolute atomic E-state index is 12.5. The van der Waals surface area contributed by atoms with Gasteiger partial charge in [0.05, 0.1) is 10.6 Å². The quantitative estimate of drug-likeness (QED) is 0.602. The summed E-state index contributed by atoms with van der Waals surface area (Å²) in [7, 11) is 0. The summed E-state index contributed by atoms with van der Waals surface area (Å²) in [6.07, 6.45) is 0.888. The van der Waals surface area contributed by atoms with Gasteiger partial charge in [-0.1, -0.05) is 43.0 Å². The molecule has 1 amide bonds. The molecule has 5 nitrogen and oxygen atoms in total. The fraction of sp³-hybridized carbons (Fsp3) is 0.316. The van der Waals surface area contributed by atoms with Gasteiger partial charge in [-0.25, -0.2) is 0 Å². The first kappa shape index (κ1) is 18.7. The van der Waals surface area contributed by atoms with E-state index in [1.165, 1.54) is 11.8 Å². The average molecular weight is 387 g/mol. The second-order valence-electron chi connectivity index (χ2n) is 5.83. The van der Waals surface area contributed by atoms with E-state index in [0.29, 0.717) is 5.75 Å². The molecule has 2 aromatic heterocycles. The number of carbonyl (C=O) groups excluding carboxylic acids is 1. The molecule has 26 heavy (non-hydrogen) atoms. The normalized spacial score (nSPS) is 10.9. The highest BCUT2D eigenvalue weighted by atomic mass is 32.2. The number of thioether (sulfide) groups is 1. The third-order valence-corrected chi connectivity index (χ3v) is 5.94. The van der Waals surface area contributed by atoms with Crippen molar-refractivity contribution in [3.05, 3.63) is 46.8 Å². The Kier molecular flexibility index (Phi) is 6.11. The molecule has 0 radical (unpaired) electrons. The number of nitrogens with one attached hydrogen (secondary N) is 1. The molecule has 0 saturated heterocycles. The van der Waals surface area contributed by atoms with E-state index in [0.717, 1.165) is 45.6 Å². The van der Waals surface area contributed by atoms with Crippen molar-refractivity contribution < 1.29 is 4.79 Å². The van der Waals surface area contributed by atoms with Crippen molar-refractivity contribution in [1.29, 1.82) is 0 Å². The maximum Gasteiger partial charge on any atom is 0.234 e. The van der Waals surface area contributed by atoms with E-state index in [2.05, 4.69) is 40.0 Å². The van der Waals surface area contributed by atoms with Crippen molar-refractivity contribution in [1.82, 2.24) is 14.8 Å². The van der Waals surface area contributed by atoms with E-state index in [1.54, 1.807) is 11.3 Å². The maximum atomic E-state index is 12.5. The zero-order valence-electron chi connectivity index (χ0n) is 15.2. The number of aromatic nitrogens is 3. The Labute approximate surface area is 161 Å². The summed E-state index contributed by atoms with van der Waals surface area (Å²) in [6, 6.07) is 10.1. The summed E-state index contributed by atoms with van der Waals surface area (Å²) in [4.78, 5) is 13.5. The van der Waals surface area contributed by atoms with Crippen LogP contribution >= 0.6 is 23.1 Å². The number of hydrogen-bond acceptors (Lipinski definition) is 5. The molecule has 0 unspecified atom stereocenters. The molecule has 0 atom stereocenters. The lowest BCUT2D eigenvalue weighted by Gasteiger charge is -2.13. The Morgan fingerprint density at radius 3 is 2.77 bits per heavy atom. The summed E-state index contributed by atoms with van der Waals surface area (Å²) in [6.45, 7) is 6.94. The van der Waals surface area contributed by atoms with Gasteiger partial charge in [0.15, 0.2) is 11.0 Å². The molecule has 0 aliphatic rings. The number of rotatable bonds is 7. The van der Waals surface area contributed by atoms with Gasteiger partial charge < -0.3 is 9.88 Å². The van der Waals surface area contributed by atoms with E-state index >= 15 is 0 Å². The van der Waals surface area contributed by atoms with Crippen LogP contribution in [0.2, 0.25) is 0 Å². The number of aryl methyl sites for hydroxylation is 2. The van der Waals surface area contributed by atoms with Gasteiger partial charge in [0.25, 0.3) is 0 Å². The molecule has 0 bridgehead atoms. The van der Waals surface area contributed by atoms with Crippen molar-refractivity contribution in [3.8, 4) is 10.7 Å². The highest BCUT2D eigenvalue weighted by molar-refractivity contribution is 7.99. The summed E-state index contributed by atoms with van der Waals surface area (Å²) in [5.74, 6) is 1.14. The smallest absolute Gasteiger partial charge is 0.234 e. The Morgan fingerprint density at radius 2 is 2.08 bits per heavy atom. The van der Waals surface area contributed by atoms with Crippen LogP contribution in [0.3, 0.4) is 0 Å². The molecule has 1 N–H and O–H groups in total. The third-order valence-electron chi connectivity index (χ3n) is 4.11. The number of amides is 1. The molecule has 136 valence electrons. The minimum absolute atomic E-state index is 0.0256. The summed E-state index contributed by atoms with van der Waals surface area (Å²) < 4.78 is 2.05. The molecule has 3 aromatic rings. The molecule has 3 rings (SSSR count). The van der Waals surface area contributed by atoms with E-state index in [1.807, 2.05) is 36.6 Å². The Balaban J connectivity index is 1.69. The number of thiophene rings is 1. The van der Waals surface area contributed by atoms with Gasteiger partial charge in [-0.3, -0.25) is 4.79 Å². The highest BCUT2D eigenvalue weighted by Crippen LogP contribution is 2.27. The van der Waals surface area contributed by atoms with Crippen LogP contribution in [-0.2, 0) is 17.8 Å². The van der Waals surface area contributed by atoms with Gasteiger partial charge in [-0.2, -0.15) is 0 Å². The second-order valence-corrected chi connectivity index (χ2v) is 7.72. The molecule has 0 aliphatic heterocycles. The lowest BCUT2D eigenvalue weighted by molar-refractivity contribution is -0.113. The zero-order chi connectivity index (χ0) is 18.5. The Bertz CT molecular complexity index is 887. The van der Waals surface area contributed by atoms with Crippen LogP contribution < -0.4 is 5.32 Å². The van der Waals surface area contributed by atoms with Crippen molar-refractivity contribution in [2.45, 2.75) is 38.9 Å². The lowest BCUT2D eigenvalue weighted by Crippen LogP contribution is -2.16. The first-order valence-electron chi connectivity index (χ1n) is 8.62. The van der Waals surface area contributed by atoms with Gasteiger partial charge in [-0.15, -0.1) is 21.5 Å². The third kappa shape index (κ3) is 3.99. The molecule has 0 aliphatic carbocycles. The second kappa shape index (κ2) is 8.51. The van der Waals surface area contributed by atoms with Crippen molar-refractivity contribution in [2.75, 3.05) is 11.1 Å². The minimum atomic E-state index is -0.0256. The number of anilines is 1. The van der Waals surface area contributed by atoms with Gasteiger partial charge in [0.2, 0.25) is 5.91 Å². The van der Waals surface area contributed by atoms with E-state index in [9.17, 15) is 4.79 Å². The lowest BCUT2D eigenvalue weighted by atomic mass is 10.1. The summed E-state index contributed by atoms with van der Waals surface area (Å²) in [5, 5.41) is 14.4. The van der Waals surface area contributed by atoms with E-state index in [-0.39, 0.29) is 5.91 Å². The Hall–Kier alpha value is -2.12. The highest BCUT2D eigenvalue weighted by Gasteiger charge is 2.16. The first-order chi connectivity index (χ1) is 12.6. The SMILES string of the molecule is CCc1cccc(C)c1NC(=O)CSc1nnc(-c2cccs2)n1CC. The molecule has 0 saturated carbocycles. The molecule has 0 spiro atoms. The van der Waals surface area contributed by atoms with Crippen molar-refractivity contribution in [3.63, 3.8) is 0 Å². The molecular weight excluding hydrogens is 364 g/mol. The van der Waals surface area contributed by atoms with Crippen LogP contribution in [0.4, 0.5) is 5.69 Å². The molecule has 7 heteroatoms. The van der Waals surface area contributed by atoms with Gasteiger partial charge in [0, 0.05) is 12.2 Å². The van der Waals surface area contributed by atoms with Gasteiger partial charge in [-0.05, 0) is 42.8 Å². The fourth-order valence-corrected chi connectivity index (χ4v) is 4.30. The molecular formula is C19H22N4OS2. The van der Waals surface area contributed by atoms with Crippen LogP contribution in [0.5, 0.6) is 0 Å². The summed E-state index contributed by atoms with van der Waals surface area (Å²) >= 11 is 3.06. The van der Waals surface area contributed by atoms with Gasteiger partial charge >= 0.3 is 0 Å². The number of hydrogen-bond donors (Lipinski definition) is 1. The predicted octanol–water partition coefficient (Wildman–Crippen LogP) is 4.63. The van der Waals surface area contributed by atoms with E-state index < -0.39 is 0 Å². The molecule has 1 aromatic carbocycles. The number of nitrogens with zero attached hydrogens (tertiary/aromatic N) is 3. The first-order valence-corrected chi connectivity index (χ1v) is 10.5. The van der Waals surface area contributed by atoms with Crippen molar-refractivity contribution >= 4 is 34.7 Å². The van der Waals surface area contributed by atoms with E-state index in [4.69, 9.17) is 0 Å². The number of carbonyl (C=O) groups is 1. The van der Waals surface area contributed by atoms with Crippen molar-refractivity contribution in [2.24, 2.45) is 0 Å². The zero-order valence-corrected chi connectivity index (χ0v) is 16.8. The summed E-state index contributed by atoms with van der Waals surface area (Å²) in [5.41, 5.74) is 3.16. The topological polar surface area (TPSA) is 59.8 Å². The number of para-hydroxylation sites is 1. The average Bonchev–Trinajstić information content (AvgIpc) is 3.30. The standard InChI is InChI=1S/C19H22N4OS2/c1-4-14-9-6-8-13(3)17(14)20-16(24)12-26-19-22-21-18(23(19)5-2)15-10-7-11-25-15/h6-11H,4-5,12H2,1-3H3,(H,20,24). The van der Waals surface area contributed by atoms with Gasteiger partial charge in [0.1, 0.15) is 0 Å². The molecule has 0 fully saturated rings.